The van der Waals surface area contributed by atoms with Crippen LogP contribution in [0.3, 0.4) is 0 Å². The number of carbonyl (C=O) groups is 1. The normalized spacial score (nSPS) is 15.3. The van der Waals surface area contributed by atoms with Crippen molar-refractivity contribution in [3.05, 3.63) is 53.6 Å². The van der Waals surface area contributed by atoms with Crippen LogP contribution < -0.4 is 10.1 Å². The highest BCUT2D eigenvalue weighted by Crippen LogP contribution is 2.32. The Morgan fingerprint density at radius 2 is 1.84 bits per heavy atom. The first-order chi connectivity index (χ1) is 15.3. The van der Waals surface area contributed by atoms with Gasteiger partial charge in [-0.15, -0.1) is 0 Å². The number of hydrogen-bond donors (Lipinski definition) is 1. The van der Waals surface area contributed by atoms with Crippen molar-refractivity contribution in [2.45, 2.75) is 43.9 Å². The highest BCUT2D eigenvalue weighted by Gasteiger charge is 2.34. The van der Waals surface area contributed by atoms with Gasteiger partial charge in [-0.25, -0.2) is 8.42 Å². The maximum atomic E-state index is 13.3. The summed E-state index contributed by atoms with van der Waals surface area (Å²) in [5.74, 6) is 0.144. The lowest BCUT2D eigenvalue weighted by Crippen LogP contribution is -2.41. The van der Waals surface area contributed by atoms with Gasteiger partial charge >= 0.3 is 0 Å². The van der Waals surface area contributed by atoms with Gasteiger partial charge in [-0.3, -0.25) is 4.79 Å². The summed E-state index contributed by atoms with van der Waals surface area (Å²) in [4.78, 5) is 12.8. The summed E-state index contributed by atoms with van der Waals surface area (Å²) in [6.45, 7) is 4.58. The van der Waals surface area contributed by atoms with Crippen molar-refractivity contribution >= 4 is 21.6 Å². The van der Waals surface area contributed by atoms with Crippen molar-refractivity contribution < 1.29 is 17.9 Å². The van der Waals surface area contributed by atoms with Crippen molar-refractivity contribution in [1.29, 1.82) is 5.26 Å². The van der Waals surface area contributed by atoms with E-state index in [2.05, 4.69) is 11.4 Å². The van der Waals surface area contributed by atoms with Gasteiger partial charge in [-0.05, 0) is 54.2 Å². The number of benzene rings is 2. The van der Waals surface area contributed by atoms with E-state index in [1.54, 1.807) is 24.3 Å². The molecule has 0 aliphatic carbocycles. The fourth-order valence-electron chi connectivity index (χ4n) is 3.79. The van der Waals surface area contributed by atoms with Crippen LogP contribution in [-0.4, -0.2) is 38.8 Å². The monoisotopic (exact) mass is 455 g/mol. The van der Waals surface area contributed by atoms with E-state index in [1.165, 1.54) is 11.4 Å². The number of carbonyl (C=O) groups excluding carboxylic acids is 1. The minimum Gasteiger partial charge on any atom is -0.495 e. The summed E-state index contributed by atoms with van der Waals surface area (Å²) in [7, 11) is -2.26. The number of rotatable bonds is 7. The average Bonchev–Trinajstić information content (AvgIpc) is 2.80. The lowest BCUT2D eigenvalue weighted by Gasteiger charge is -2.31. The first-order valence-corrected chi connectivity index (χ1v) is 12.1. The highest BCUT2D eigenvalue weighted by atomic mass is 32.2. The minimum atomic E-state index is -3.73. The summed E-state index contributed by atoms with van der Waals surface area (Å²) in [6, 6.07) is 14.5. The molecule has 1 amide bonds. The van der Waals surface area contributed by atoms with E-state index in [1.807, 2.05) is 32.0 Å². The van der Waals surface area contributed by atoms with Gasteiger partial charge in [0, 0.05) is 24.7 Å². The van der Waals surface area contributed by atoms with Crippen LogP contribution in [0.15, 0.2) is 47.4 Å². The van der Waals surface area contributed by atoms with E-state index < -0.39 is 10.0 Å². The third kappa shape index (κ3) is 5.29. The van der Waals surface area contributed by atoms with Crippen molar-refractivity contribution in [1.82, 2.24) is 4.31 Å². The average molecular weight is 456 g/mol. The molecule has 3 rings (SSSR count). The SMILES string of the molecule is COc1ccc(C(C)C)cc1S(=O)(=O)N1CCC(C(=O)Nc2ccc(CC#N)cc2)CC1. The van der Waals surface area contributed by atoms with Crippen molar-refractivity contribution in [2.75, 3.05) is 25.5 Å². The number of ether oxygens (including phenoxy) is 1. The minimum absolute atomic E-state index is 0.116. The molecule has 7 nitrogen and oxygen atoms in total. The van der Waals surface area contributed by atoms with Crippen LogP contribution in [0, 0.1) is 17.2 Å². The van der Waals surface area contributed by atoms with E-state index in [9.17, 15) is 13.2 Å². The lowest BCUT2D eigenvalue weighted by atomic mass is 9.97. The third-order valence-corrected chi connectivity index (χ3v) is 7.72. The molecule has 2 aromatic rings. The number of anilines is 1. The van der Waals surface area contributed by atoms with E-state index in [-0.39, 0.29) is 35.7 Å². The molecule has 170 valence electrons. The number of hydrogen-bond acceptors (Lipinski definition) is 5. The summed E-state index contributed by atoms with van der Waals surface area (Å²) in [6.07, 6.45) is 1.22. The van der Waals surface area contributed by atoms with Gasteiger partial charge in [-0.2, -0.15) is 9.57 Å². The zero-order chi connectivity index (χ0) is 23.3. The molecule has 1 heterocycles. The second kappa shape index (κ2) is 10.2. The van der Waals surface area contributed by atoms with Crippen LogP contribution in [0.25, 0.3) is 0 Å². The lowest BCUT2D eigenvalue weighted by molar-refractivity contribution is -0.120. The van der Waals surface area contributed by atoms with E-state index in [0.717, 1.165) is 11.1 Å². The van der Waals surface area contributed by atoms with Crippen LogP contribution in [0.2, 0.25) is 0 Å². The first kappa shape index (κ1) is 23.8. The molecule has 0 unspecified atom stereocenters. The Bertz CT molecular complexity index is 1100. The Morgan fingerprint density at radius 1 is 1.19 bits per heavy atom. The molecular formula is C24H29N3O4S. The Kier molecular flexibility index (Phi) is 7.54. The molecule has 2 aromatic carbocycles. The summed E-state index contributed by atoms with van der Waals surface area (Å²) in [5.41, 5.74) is 2.49. The third-order valence-electron chi connectivity index (χ3n) is 5.80. The van der Waals surface area contributed by atoms with E-state index in [4.69, 9.17) is 10.00 Å². The second-order valence-electron chi connectivity index (χ2n) is 8.26. The van der Waals surface area contributed by atoms with Crippen LogP contribution in [0.5, 0.6) is 5.75 Å². The molecule has 1 fully saturated rings. The van der Waals surface area contributed by atoms with Gasteiger partial charge in [0.25, 0.3) is 0 Å². The molecule has 0 saturated carbocycles. The maximum Gasteiger partial charge on any atom is 0.246 e. The molecule has 0 radical (unpaired) electrons. The quantitative estimate of drug-likeness (QED) is 0.682. The summed E-state index contributed by atoms with van der Waals surface area (Å²) in [5, 5.41) is 11.6. The van der Waals surface area contributed by atoms with Crippen LogP contribution >= 0.6 is 0 Å². The largest absolute Gasteiger partial charge is 0.495 e. The van der Waals surface area contributed by atoms with Gasteiger partial charge in [0.15, 0.2) is 0 Å². The Labute approximate surface area is 190 Å². The van der Waals surface area contributed by atoms with Crippen molar-refractivity contribution in [2.24, 2.45) is 5.92 Å². The molecule has 0 spiro atoms. The fourth-order valence-corrected chi connectivity index (χ4v) is 5.45. The maximum absolute atomic E-state index is 13.3. The number of sulfonamides is 1. The van der Waals surface area contributed by atoms with Crippen LogP contribution in [0.4, 0.5) is 5.69 Å². The first-order valence-electron chi connectivity index (χ1n) is 10.7. The van der Waals surface area contributed by atoms with Gasteiger partial charge in [0.05, 0.1) is 19.6 Å². The predicted octanol–water partition coefficient (Wildman–Crippen LogP) is 3.92. The van der Waals surface area contributed by atoms with E-state index in [0.29, 0.717) is 30.7 Å². The number of nitriles is 1. The Hall–Kier alpha value is -2.89. The Morgan fingerprint density at radius 3 is 2.41 bits per heavy atom. The van der Waals surface area contributed by atoms with Crippen LogP contribution in [-0.2, 0) is 21.2 Å². The molecule has 8 heteroatoms. The smallest absolute Gasteiger partial charge is 0.246 e. The number of nitrogens with one attached hydrogen (secondary N) is 1. The molecule has 1 aliphatic heterocycles. The molecule has 1 N–H and O–H groups in total. The Balaban J connectivity index is 1.66. The summed E-state index contributed by atoms with van der Waals surface area (Å²) < 4.78 is 33.4. The number of methoxy groups -OCH3 is 1. The summed E-state index contributed by atoms with van der Waals surface area (Å²) >= 11 is 0. The standard InChI is InChI=1S/C24H29N3O4S/c1-17(2)20-6-9-22(31-3)23(16-20)32(29,30)27-14-11-19(12-15-27)24(28)26-21-7-4-18(5-8-21)10-13-25/h4-9,16-17,19H,10-12,14-15H2,1-3H3,(H,26,28). The van der Waals surface area contributed by atoms with Crippen LogP contribution in [0.1, 0.15) is 43.7 Å². The molecule has 0 aromatic heterocycles. The van der Waals surface area contributed by atoms with Crippen molar-refractivity contribution in [3.63, 3.8) is 0 Å². The second-order valence-corrected chi connectivity index (χ2v) is 10.2. The number of nitrogens with zero attached hydrogens (tertiary/aromatic N) is 2. The molecule has 0 atom stereocenters. The van der Waals surface area contributed by atoms with Crippen molar-refractivity contribution in [3.8, 4) is 11.8 Å². The predicted molar refractivity (Wildman–Crippen MR) is 123 cm³/mol. The van der Waals surface area contributed by atoms with Gasteiger partial charge in [-0.1, -0.05) is 32.0 Å². The van der Waals surface area contributed by atoms with Gasteiger partial charge in [0.2, 0.25) is 15.9 Å². The zero-order valence-electron chi connectivity index (χ0n) is 18.7. The number of amides is 1. The molecule has 1 saturated heterocycles. The number of piperidine rings is 1. The van der Waals surface area contributed by atoms with Gasteiger partial charge in [0.1, 0.15) is 10.6 Å². The molecule has 1 aliphatic rings. The van der Waals surface area contributed by atoms with Gasteiger partial charge < -0.3 is 10.1 Å². The topological polar surface area (TPSA) is 99.5 Å². The molecule has 32 heavy (non-hydrogen) atoms. The fraction of sp³-hybridized carbons (Fsp3) is 0.417. The zero-order valence-corrected chi connectivity index (χ0v) is 19.5. The van der Waals surface area contributed by atoms with E-state index >= 15 is 0 Å². The highest BCUT2D eigenvalue weighted by molar-refractivity contribution is 7.89. The molecular weight excluding hydrogens is 426 g/mol. The molecule has 0 bridgehead atoms.